The fourth-order valence-corrected chi connectivity index (χ4v) is 3.64. The normalized spacial score (nSPS) is 10.8. The first kappa shape index (κ1) is 22.8. The van der Waals surface area contributed by atoms with E-state index in [1.165, 1.54) is 24.8 Å². The standard InChI is InChI=1S/C25H22N2O4S/c1-18(28)26-22(16-19-10-4-2-5-11-19)25(30)31-17-24(29)27-21-14-8-9-15-23(21)32-20-12-6-3-7-13-20/h2-16H,17H2,1H3,(H,26,28)(H,27,29)/b22-16-. The van der Waals surface area contributed by atoms with Gasteiger partial charge in [-0.1, -0.05) is 72.4 Å². The smallest absolute Gasteiger partial charge is 0.355 e. The van der Waals surface area contributed by atoms with Gasteiger partial charge in [0.2, 0.25) is 5.91 Å². The highest BCUT2D eigenvalue weighted by Gasteiger charge is 2.16. The Balaban J connectivity index is 1.63. The van der Waals surface area contributed by atoms with Gasteiger partial charge in [0, 0.05) is 16.7 Å². The van der Waals surface area contributed by atoms with Crippen LogP contribution in [-0.2, 0) is 19.1 Å². The molecule has 2 amide bonds. The molecule has 7 heteroatoms. The summed E-state index contributed by atoms with van der Waals surface area (Å²) >= 11 is 1.51. The quantitative estimate of drug-likeness (QED) is 0.393. The first-order valence-corrected chi connectivity index (χ1v) is 10.7. The average molecular weight is 447 g/mol. The maximum Gasteiger partial charge on any atom is 0.355 e. The molecule has 3 rings (SSSR count). The third kappa shape index (κ3) is 7.14. The van der Waals surface area contributed by atoms with Crippen molar-refractivity contribution in [1.82, 2.24) is 5.32 Å². The first-order valence-electron chi connectivity index (χ1n) is 9.84. The number of hydrogen-bond acceptors (Lipinski definition) is 5. The van der Waals surface area contributed by atoms with E-state index < -0.39 is 24.4 Å². The molecule has 0 aliphatic carbocycles. The van der Waals surface area contributed by atoms with Gasteiger partial charge in [0.15, 0.2) is 6.61 Å². The van der Waals surface area contributed by atoms with Crippen molar-refractivity contribution in [3.05, 3.63) is 96.2 Å². The summed E-state index contributed by atoms with van der Waals surface area (Å²) in [5.41, 5.74) is 1.28. The summed E-state index contributed by atoms with van der Waals surface area (Å²) in [6.07, 6.45) is 1.49. The van der Waals surface area contributed by atoms with Crippen LogP contribution in [0.5, 0.6) is 0 Å². The maximum absolute atomic E-state index is 12.5. The van der Waals surface area contributed by atoms with E-state index >= 15 is 0 Å². The Morgan fingerprint density at radius 1 is 0.875 bits per heavy atom. The molecule has 0 unspecified atom stereocenters. The molecule has 0 saturated heterocycles. The van der Waals surface area contributed by atoms with E-state index in [-0.39, 0.29) is 5.70 Å². The monoisotopic (exact) mass is 446 g/mol. The molecule has 0 aromatic heterocycles. The van der Waals surface area contributed by atoms with Gasteiger partial charge in [-0.25, -0.2) is 4.79 Å². The molecule has 0 aliphatic rings. The van der Waals surface area contributed by atoms with Gasteiger partial charge in [-0.3, -0.25) is 9.59 Å². The van der Waals surface area contributed by atoms with Crippen molar-refractivity contribution in [2.24, 2.45) is 0 Å². The third-order valence-electron chi connectivity index (χ3n) is 4.11. The third-order valence-corrected chi connectivity index (χ3v) is 5.19. The van der Waals surface area contributed by atoms with Gasteiger partial charge in [-0.2, -0.15) is 0 Å². The fourth-order valence-electron chi connectivity index (χ4n) is 2.72. The van der Waals surface area contributed by atoms with Gasteiger partial charge < -0.3 is 15.4 Å². The van der Waals surface area contributed by atoms with Crippen molar-refractivity contribution < 1.29 is 19.1 Å². The van der Waals surface area contributed by atoms with Crippen molar-refractivity contribution in [3.63, 3.8) is 0 Å². The molecule has 3 aromatic rings. The van der Waals surface area contributed by atoms with Crippen LogP contribution >= 0.6 is 11.8 Å². The molecule has 0 bridgehead atoms. The predicted octanol–water partition coefficient (Wildman–Crippen LogP) is 4.50. The minimum absolute atomic E-state index is 0.0449. The summed E-state index contributed by atoms with van der Waals surface area (Å²) in [5, 5.41) is 5.22. The second kappa shape index (κ2) is 11.5. The molecule has 0 saturated carbocycles. The summed E-state index contributed by atoms with van der Waals surface area (Å²) in [6, 6.07) is 26.2. The molecule has 0 atom stereocenters. The molecule has 0 aliphatic heterocycles. The van der Waals surface area contributed by atoms with E-state index in [9.17, 15) is 14.4 Å². The lowest BCUT2D eigenvalue weighted by Crippen LogP contribution is -2.29. The molecule has 32 heavy (non-hydrogen) atoms. The molecule has 0 fully saturated rings. The number of carbonyl (C=O) groups excluding carboxylic acids is 3. The van der Waals surface area contributed by atoms with Crippen LogP contribution in [0.25, 0.3) is 6.08 Å². The number of carbonyl (C=O) groups is 3. The molecule has 0 heterocycles. The van der Waals surface area contributed by atoms with E-state index in [1.807, 2.05) is 54.6 Å². The molecule has 3 aromatic carbocycles. The van der Waals surface area contributed by atoms with Crippen molar-refractivity contribution in [1.29, 1.82) is 0 Å². The highest BCUT2D eigenvalue weighted by Crippen LogP contribution is 2.33. The van der Waals surface area contributed by atoms with Gasteiger partial charge in [-0.15, -0.1) is 0 Å². The Hall–Kier alpha value is -3.84. The minimum atomic E-state index is -0.800. The number of anilines is 1. The largest absolute Gasteiger partial charge is 0.451 e. The molecule has 2 N–H and O–H groups in total. The zero-order chi connectivity index (χ0) is 22.8. The van der Waals surface area contributed by atoms with Crippen LogP contribution in [0.1, 0.15) is 12.5 Å². The summed E-state index contributed by atoms with van der Waals surface area (Å²) in [5.74, 6) is -1.70. The number of rotatable bonds is 8. The Morgan fingerprint density at radius 3 is 2.19 bits per heavy atom. The number of hydrogen-bond donors (Lipinski definition) is 2. The van der Waals surface area contributed by atoms with Gasteiger partial charge in [0.25, 0.3) is 5.91 Å². The van der Waals surface area contributed by atoms with Gasteiger partial charge >= 0.3 is 5.97 Å². The van der Waals surface area contributed by atoms with Gasteiger partial charge in [0.05, 0.1) is 5.69 Å². The molecule has 6 nitrogen and oxygen atoms in total. The van der Waals surface area contributed by atoms with Crippen molar-refractivity contribution in [3.8, 4) is 0 Å². The lowest BCUT2D eigenvalue weighted by atomic mass is 10.2. The zero-order valence-electron chi connectivity index (χ0n) is 17.4. The second-order valence-electron chi connectivity index (χ2n) is 6.69. The van der Waals surface area contributed by atoms with E-state index in [1.54, 1.807) is 30.3 Å². The molecule has 0 spiro atoms. The van der Waals surface area contributed by atoms with Gasteiger partial charge in [-0.05, 0) is 35.9 Å². The summed E-state index contributed by atoms with van der Waals surface area (Å²) in [6.45, 7) is 0.801. The van der Waals surface area contributed by atoms with E-state index in [0.29, 0.717) is 11.3 Å². The van der Waals surface area contributed by atoms with Crippen LogP contribution in [0.4, 0.5) is 5.69 Å². The summed E-state index contributed by atoms with van der Waals surface area (Å²) < 4.78 is 5.13. The topological polar surface area (TPSA) is 84.5 Å². The van der Waals surface area contributed by atoms with E-state index in [0.717, 1.165) is 9.79 Å². The zero-order valence-corrected chi connectivity index (χ0v) is 18.2. The summed E-state index contributed by atoms with van der Waals surface area (Å²) in [4.78, 5) is 38.2. The lowest BCUT2D eigenvalue weighted by Gasteiger charge is -2.12. The SMILES string of the molecule is CC(=O)N/C(=C\c1ccccc1)C(=O)OCC(=O)Nc1ccccc1Sc1ccccc1. The Bertz CT molecular complexity index is 1120. The molecule has 162 valence electrons. The van der Waals surface area contributed by atoms with Crippen LogP contribution in [0.2, 0.25) is 0 Å². The number of ether oxygens (including phenoxy) is 1. The summed E-state index contributed by atoms with van der Waals surface area (Å²) in [7, 11) is 0. The Morgan fingerprint density at radius 2 is 1.50 bits per heavy atom. The predicted molar refractivity (Wildman–Crippen MR) is 125 cm³/mol. The van der Waals surface area contributed by atoms with Crippen molar-refractivity contribution in [2.75, 3.05) is 11.9 Å². The minimum Gasteiger partial charge on any atom is -0.451 e. The first-order chi connectivity index (χ1) is 15.5. The Labute approximate surface area is 190 Å². The Kier molecular flexibility index (Phi) is 8.22. The number of benzene rings is 3. The average Bonchev–Trinajstić information content (AvgIpc) is 2.79. The highest BCUT2D eigenvalue weighted by molar-refractivity contribution is 7.99. The molecule has 0 radical (unpaired) electrons. The molecular weight excluding hydrogens is 424 g/mol. The molecular formula is C25H22N2O4S. The van der Waals surface area contributed by atoms with Crippen LogP contribution < -0.4 is 10.6 Å². The van der Waals surface area contributed by atoms with Crippen LogP contribution in [0.15, 0.2) is 100 Å². The van der Waals surface area contributed by atoms with E-state index in [4.69, 9.17) is 4.74 Å². The lowest BCUT2D eigenvalue weighted by molar-refractivity contribution is -0.144. The number of amides is 2. The number of para-hydroxylation sites is 1. The van der Waals surface area contributed by atoms with Crippen LogP contribution in [0, 0.1) is 0 Å². The van der Waals surface area contributed by atoms with Crippen molar-refractivity contribution >= 4 is 41.3 Å². The maximum atomic E-state index is 12.5. The van der Waals surface area contributed by atoms with Gasteiger partial charge in [0.1, 0.15) is 5.70 Å². The number of nitrogens with one attached hydrogen (secondary N) is 2. The van der Waals surface area contributed by atoms with E-state index in [2.05, 4.69) is 10.6 Å². The number of esters is 1. The van der Waals surface area contributed by atoms with Crippen LogP contribution in [-0.4, -0.2) is 24.4 Å². The van der Waals surface area contributed by atoms with Crippen LogP contribution in [0.3, 0.4) is 0 Å². The van der Waals surface area contributed by atoms with Crippen molar-refractivity contribution in [2.45, 2.75) is 16.7 Å². The highest BCUT2D eigenvalue weighted by atomic mass is 32.2. The second-order valence-corrected chi connectivity index (χ2v) is 7.80. The fraction of sp³-hybridized carbons (Fsp3) is 0.0800.